The molecule has 172 valence electrons. The number of methoxy groups -OCH3 is 1. The molecular formula is C24H24ClN3O4S. The second-order valence-corrected chi connectivity index (χ2v) is 8.94. The summed E-state index contributed by atoms with van der Waals surface area (Å²) in [4.78, 5) is 17.9. The number of nitrogens with zero attached hydrogens (tertiary/aromatic N) is 2. The number of ether oxygens (including phenoxy) is 3. The predicted octanol–water partition coefficient (Wildman–Crippen LogP) is 4.91. The molecular weight excluding hydrogens is 462 g/mol. The van der Waals surface area contributed by atoms with Crippen LogP contribution in [0.1, 0.15) is 23.5 Å². The Morgan fingerprint density at radius 2 is 2.06 bits per heavy atom. The molecule has 0 saturated heterocycles. The molecule has 0 radical (unpaired) electrons. The van der Waals surface area contributed by atoms with Gasteiger partial charge in [0.25, 0.3) is 0 Å². The zero-order chi connectivity index (χ0) is 23.4. The first-order chi connectivity index (χ1) is 16.0. The average molecular weight is 486 g/mol. The SMILES string of the molecule is COCCOc1ccc2ncc(-c3cc(OC(C)c4ccccc4Cl)c(CC(N)=O)s3)n2c1. The van der Waals surface area contributed by atoms with Crippen LogP contribution in [0.4, 0.5) is 0 Å². The van der Waals surface area contributed by atoms with Gasteiger partial charge in [0.1, 0.15) is 29.9 Å². The summed E-state index contributed by atoms with van der Waals surface area (Å²) in [6.45, 7) is 2.87. The van der Waals surface area contributed by atoms with Crippen LogP contribution in [-0.4, -0.2) is 35.6 Å². The van der Waals surface area contributed by atoms with Crippen LogP contribution in [0, 0.1) is 0 Å². The van der Waals surface area contributed by atoms with Gasteiger partial charge in [0.05, 0.1) is 40.9 Å². The van der Waals surface area contributed by atoms with Crippen molar-refractivity contribution in [3.8, 4) is 22.1 Å². The van der Waals surface area contributed by atoms with E-state index in [4.69, 9.17) is 31.5 Å². The van der Waals surface area contributed by atoms with E-state index < -0.39 is 5.91 Å². The van der Waals surface area contributed by atoms with E-state index in [0.29, 0.717) is 29.7 Å². The highest BCUT2D eigenvalue weighted by Crippen LogP contribution is 2.39. The lowest BCUT2D eigenvalue weighted by atomic mass is 10.1. The Kier molecular flexibility index (Phi) is 7.17. The third-order valence-corrected chi connectivity index (χ3v) is 6.52. The molecule has 0 fully saturated rings. The van der Waals surface area contributed by atoms with E-state index in [9.17, 15) is 4.79 Å². The summed E-state index contributed by atoms with van der Waals surface area (Å²) in [6.07, 6.45) is 3.44. The van der Waals surface area contributed by atoms with Gasteiger partial charge in [0.15, 0.2) is 0 Å². The van der Waals surface area contributed by atoms with Crippen LogP contribution >= 0.6 is 22.9 Å². The van der Waals surface area contributed by atoms with Crippen LogP contribution in [0.2, 0.25) is 5.02 Å². The first kappa shape index (κ1) is 23.1. The van der Waals surface area contributed by atoms with Crippen molar-refractivity contribution in [1.82, 2.24) is 9.38 Å². The van der Waals surface area contributed by atoms with E-state index in [1.54, 1.807) is 13.3 Å². The number of pyridine rings is 1. The van der Waals surface area contributed by atoms with E-state index in [1.807, 2.05) is 60.0 Å². The molecule has 4 rings (SSSR count). The lowest BCUT2D eigenvalue weighted by Gasteiger charge is -2.16. The van der Waals surface area contributed by atoms with Gasteiger partial charge >= 0.3 is 0 Å². The molecule has 0 aliphatic carbocycles. The summed E-state index contributed by atoms with van der Waals surface area (Å²) in [5.74, 6) is 0.880. The summed E-state index contributed by atoms with van der Waals surface area (Å²) >= 11 is 7.79. The number of benzene rings is 1. The standard InChI is InChI=1S/C24H24ClN3O4S/c1-15(17-5-3-4-6-18(17)25)32-20-11-21(33-22(20)12-23(26)29)19-13-27-24-8-7-16(14-28(19)24)31-10-9-30-2/h3-8,11,13-15H,9-10,12H2,1-2H3,(H2,26,29). The molecule has 0 aliphatic rings. The molecule has 4 aromatic rings. The van der Waals surface area contributed by atoms with Gasteiger partial charge in [-0.05, 0) is 25.1 Å². The summed E-state index contributed by atoms with van der Waals surface area (Å²) in [7, 11) is 1.63. The Morgan fingerprint density at radius 1 is 1.24 bits per heavy atom. The largest absolute Gasteiger partial charge is 0.490 e. The summed E-state index contributed by atoms with van der Waals surface area (Å²) < 4.78 is 19.0. The number of halogens is 1. The van der Waals surface area contributed by atoms with Crippen molar-refractivity contribution in [2.24, 2.45) is 5.73 Å². The van der Waals surface area contributed by atoms with Gasteiger partial charge in [0, 0.05) is 23.8 Å². The Labute approximate surface area is 200 Å². The van der Waals surface area contributed by atoms with Gasteiger partial charge in [-0.3, -0.25) is 9.20 Å². The highest BCUT2D eigenvalue weighted by atomic mass is 35.5. The van der Waals surface area contributed by atoms with Crippen LogP contribution in [0.3, 0.4) is 0 Å². The fourth-order valence-electron chi connectivity index (χ4n) is 3.45. The maximum Gasteiger partial charge on any atom is 0.222 e. The molecule has 1 aromatic carbocycles. The van der Waals surface area contributed by atoms with Crippen molar-refractivity contribution < 1.29 is 19.0 Å². The smallest absolute Gasteiger partial charge is 0.222 e. The van der Waals surface area contributed by atoms with Crippen molar-refractivity contribution in [2.45, 2.75) is 19.4 Å². The molecule has 2 N–H and O–H groups in total. The van der Waals surface area contributed by atoms with Gasteiger partial charge in [-0.1, -0.05) is 29.8 Å². The van der Waals surface area contributed by atoms with Crippen molar-refractivity contribution in [3.63, 3.8) is 0 Å². The van der Waals surface area contributed by atoms with Gasteiger partial charge in [0.2, 0.25) is 5.91 Å². The van der Waals surface area contributed by atoms with Crippen LogP contribution in [0.25, 0.3) is 16.2 Å². The monoisotopic (exact) mass is 485 g/mol. The van der Waals surface area contributed by atoms with Gasteiger partial charge in [-0.15, -0.1) is 11.3 Å². The molecule has 9 heteroatoms. The number of carbonyl (C=O) groups is 1. The van der Waals surface area contributed by atoms with E-state index >= 15 is 0 Å². The number of amides is 1. The maximum atomic E-state index is 11.7. The predicted molar refractivity (Wildman–Crippen MR) is 129 cm³/mol. The minimum Gasteiger partial charge on any atom is -0.490 e. The van der Waals surface area contributed by atoms with E-state index in [0.717, 1.165) is 26.7 Å². The fourth-order valence-corrected chi connectivity index (χ4v) is 4.85. The third kappa shape index (κ3) is 5.30. The first-order valence-electron chi connectivity index (χ1n) is 10.4. The van der Waals surface area contributed by atoms with Crippen molar-refractivity contribution >= 4 is 34.5 Å². The van der Waals surface area contributed by atoms with E-state index in [2.05, 4.69) is 4.98 Å². The quantitative estimate of drug-likeness (QED) is 0.322. The molecule has 0 saturated carbocycles. The summed E-state index contributed by atoms with van der Waals surface area (Å²) in [5, 5.41) is 0.625. The first-order valence-corrected chi connectivity index (χ1v) is 11.6. The normalized spacial score (nSPS) is 12.1. The molecule has 0 bridgehead atoms. The molecule has 3 aromatic heterocycles. The van der Waals surface area contributed by atoms with Crippen molar-refractivity contribution in [1.29, 1.82) is 0 Å². The van der Waals surface area contributed by atoms with E-state index in [1.165, 1.54) is 11.3 Å². The van der Waals surface area contributed by atoms with Crippen molar-refractivity contribution in [2.75, 3.05) is 20.3 Å². The Hall–Kier alpha value is -3.07. The lowest BCUT2D eigenvalue weighted by molar-refractivity contribution is -0.117. The number of aromatic nitrogens is 2. The van der Waals surface area contributed by atoms with Gasteiger partial charge < -0.3 is 19.9 Å². The number of primary amides is 1. The number of imidazole rings is 1. The average Bonchev–Trinajstić information content (AvgIpc) is 3.37. The number of thiophene rings is 1. The third-order valence-electron chi connectivity index (χ3n) is 5.04. The van der Waals surface area contributed by atoms with Crippen LogP contribution in [-0.2, 0) is 16.0 Å². The molecule has 1 unspecified atom stereocenters. The molecule has 1 amide bonds. The van der Waals surface area contributed by atoms with Crippen LogP contribution in [0.15, 0.2) is 54.9 Å². The van der Waals surface area contributed by atoms with Crippen molar-refractivity contribution in [3.05, 3.63) is 70.3 Å². The number of fused-ring (bicyclic) bond motifs is 1. The number of nitrogens with two attached hydrogens (primary N) is 1. The van der Waals surface area contributed by atoms with Gasteiger partial charge in [-0.2, -0.15) is 0 Å². The minimum absolute atomic E-state index is 0.0807. The second kappa shape index (κ2) is 10.2. The Balaban J connectivity index is 1.67. The minimum atomic E-state index is -0.425. The zero-order valence-corrected chi connectivity index (χ0v) is 19.9. The maximum absolute atomic E-state index is 11.7. The van der Waals surface area contributed by atoms with Crippen LogP contribution in [0.5, 0.6) is 11.5 Å². The highest BCUT2D eigenvalue weighted by molar-refractivity contribution is 7.15. The number of carbonyl (C=O) groups excluding carboxylic acids is 1. The van der Waals surface area contributed by atoms with Gasteiger partial charge in [-0.25, -0.2) is 4.98 Å². The molecule has 7 nitrogen and oxygen atoms in total. The Bertz CT molecular complexity index is 1270. The Morgan fingerprint density at radius 3 is 2.82 bits per heavy atom. The second-order valence-electron chi connectivity index (χ2n) is 7.40. The zero-order valence-electron chi connectivity index (χ0n) is 18.3. The lowest BCUT2D eigenvalue weighted by Crippen LogP contribution is -2.13. The van der Waals surface area contributed by atoms with E-state index in [-0.39, 0.29) is 12.5 Å². The highest BCUT2D eigenvalue weighted by Gasteiger charge is 2.20. The molecule has 1 atom stereocenters. The number of rotatable bonds is 10. The topological polar surface area (TPSA) is 88.1 Å². The number of hydrogen-bond acceptors (Lipinski definition) is 6. The summed E-state index contributed by atoms with van der Waals surface area (Å²) in [5.41, 5.74) is 8.01. The molecule has 0 aliphatic heterocycles. The molecule has 3 heterocycles. The summed E-state index contributed by atoms with van der Waals surface area (Å²) in [6, 6.07) is 13.2. The molecule has 0 spiro atoms. The van der Waals surface area contributed by atoms with Crippen LogP contribution < -0.4 is 15.2 Å². The number of hydrogen-bond donors (Lipinski definition) is 1. The molecule has 33 heavy (non-hydrogen) atoms. The fraction of sp³-hybridized carbons (Fsp3) is 0.250.